The number of pyridine rings is 1. The number of rotatable bonds is 4. The quantitative estimate of drug-likeness (QED) is 0.678. The summed E-state index contributed by atoms with van der Waals surface area (Å²) in [6.45, 7) is 2.28. The summed E-state index contributed by atoms with van der Waals surface area (Å²) < 4.78 is 13.0. The molecule has 0 unspecified atom stereocenters. The Labute approximate surface area is 132 Å². The predicted molar refractivity (Wildman–Crippen MR) is 89.2 cm³/mol. The van der Waals surface area contributed by atoms with E-state index < -0.39 is 0 Å². The normalized spacial score (nSPS) is 21.7. The van der Waals surface area contributed by atoms with Gasteiger partial charge in [-0.05, 0) is 73.4 Å². The molecule has 116 valence electrons. The number of hydrogen-bond donors (Lipinski definition) is 0. The number of halogens is 1. The van der Waals surface area contributed by atoms with E-state index in [2.05, 4.69) is 24.0 Å². The minimum atomic E-state index is -0.204. The standard InChI is InChI=1S/C20H24FN/c1-2-3-15-4-6-16(7-5-15)18-10-13-20(22-14-18)17-8-11-19(21)12-9-17/h8-16H,2-7H2,1H3. The highest BCUT2D eigenvalue weighted by atomic mass is 19.1. The Balaban J connectivity index is 1.66. The van der Waals surface area contributed by atoms with E-state index >= 15 is 0 Å². The van der Waals surface area contributed by atoms with Crippen molar-refractivity contribution in [2.24, 2.45) is 5.92 Å². The number of benzene rings is 1. The van der Waals surface area contributed by atoms with Gasteiger partial charge in [0.2, 0.25) is 0 Å². The Morgan fingerprint density at radius 1 is 1.00 bits per heavy atom. The molecule has 0 bridgehead atoms. The number of hydrogen-bond acceptors (Lipinski definition) is 1. The van der Waals surface area contributed by atoms with Gasteiger partial charge in [0.1, 0.15) is 5.82 Å². The molecule has 0 radical (unpaired) electrons. The third-order valence-corrected chi connectivity index (χ3v) is 4.94. The molecule has 1 aliphatic rings. The second-order valence-electron chi connectivity index (χ2n) is 6.49. The van der Waals surface area contributed by atoms with Crippen molar-refractivity contribution in [2.75, 3.05) is 0 Å². The van der Waals surface area contributed by atoms with Gasteiger partial charge in [0.15, 0.2) is 0 Å². The van der Waals surface area contributed by atoms with Crippen LogP contribution in [0.5, 0.6) is 0 Å². The highest BCUT2D eigenvalue weighted by Gasteiger charge is 2.21. The summed E-state index contributed by atoms with van der Waals surface area (Å²) in [5, 5.41) is 0. The molecule has 1 aromatic heterocycles. The zero-order valence-corrected chi connectivity index (χ0v) is 13.3. The van der Waals surface area contributed by atoms with E-state index in [1.54, 1.807) is 12.1 Å². The molecule has 0 amide bonds. The molecular formula is C20H24FN. The molecule has 1 aromatic carbocycles. The topological polar surface area (TPSA) is 12.9 Å². The fourth-order valence-electron chi connectivity index (χ4n) is 3.63. The molecule has 3 rings (SSSR count). The van der Waals surface area contributed by atoms with Crippen molar-refractivity contribution in [1.82, 2.24) is 4.98 Å². The zero-order chi connectivity index (χ0) is 15.4. The lowest BCUT2D eigenvalue weighted by Gasteiger charge is -2.28. The van der Waals surface area contributed by atoms with Gasteiger partial charge in [-0.2, -0.15) is 0 Å². The highest BCUT2D eigenvalue weighted by molar-refractivity contribution is 5.58. The van der Waals surface area contributed by atoms with E-state index in [1.807, 2.05) is 6.20 Å². The van der Waals surface area contributed by atoms with E-state index in [9.17, 15) is 4.39 Å². The molecule has 1 saturated carbocycles. The third-order valence-electron chi connectivity index (χ3n) is 4.94. The maximum atomic E-state index is 13.0. The SMILES string of the molecule is CCCC1CCC(c2ccc(-c3ccc(F)cc3)nc2)CC1. The first-order chi connectivity index (χ1) is 10.8. The molecule has 0 atom stereocenters. The van der Waals surface area contributed by atoms with Crippen molar-refractivity contribution in [2.45, 2.75) is 51.4 Å². The van der Waals surface area contributed by atoms with Gasteiger partial charge in [-0.25, -0.2) is 4.39 Å². The fraction of sp³-hybridized carbons (Fsp3) is 0.450. The van der Waals surface area contributed by atoms with Gasteiger partial charge in [0.25, 0.3) is 0 Å². The van der Waals surface area contributed by atoms with Crippen LogP contribution in [-0.2, 0) is 0 Å². The summed E-state index contributed by atoms with van der Waals surface area (Å²) in [5.74, 6) is 1.40. The van der Waals surface area contributed by atoms with Crippen LogP contribution in [0, 0.1) is 11.7 Å². The van der Waals surface area contributed by atoms with E-state index in [0.717, 1.165) is 17.2 Å². The molecule has 0 spiro atoms. The third kappa shape index (κ3) is 3.55. The van der Waals surface area contributed by atoms with E-state index in [-0.39, 0.29) is 5.82 Å². The molecule has 1 aliphatic carbocycles. The van der Waals surface area contributed by atoms with Crippen LogP contribution in [0.25, 0.3) is 11.3 Å². The van der Waals surface area contributed by atoms with Gasteiger partial charge in [-0.3, -0.25) is 4.98 Å². The van der Waals surface area contributed by atoms with Crippen LogP contribution in [0.1, 0.15) is 56.9 Å². The van der Waals surface area contributed by atoms with Gasteiger partial charge in [0.05, 0.1) is 5.69 Å². The van der Waals surface area contributed by atoms with Gasteiger partial charge in [0, 0.05) is 11.8 Å². The zero-order valence-electron chi connectivity index (χ0n) is 13.3. The van der Waals surface area contributed by atoms with Gasteiger partial charge < -0.3 is 0 Å². The van der Waals surface area contributed by atoms with Crippen molar-refractivity contribution in [3.63, 3.8) is 0 Å². The van der Waals surface area contributed by atoms with E-state index in [0.29, 0.717) is 5.92 Å². The van der Waals surface area contributed by atoms with Gasteiger partial charge in [-0.15, -0.1) is 0 Å². The van der Waals surface area contributed by atoms with Crippen LogP contribution in [0.15, 0.2) is 42.6 Å². The van der Waals surface area contributed by atoms with Crippen molar-refractivity contribution in [1.29, 1.82) is 0 Å². The van der Waals surface area contributed by atoms with E-state index in [1.165, 1.54) is 56.2 Å². The summed E-state index contributed by atoms with van der Waals surface area (Å²) in [7, 11) is 0. The second-order valence-corrected chi connectivity index (χ2v) is 6.49. The van der Waals surface area contributed by atoms with E-state index in [4.69, 9.17) is 0 Å². The Morgan fingerprint density at radius 3 is 2.32 bits per heavy atom. The molecule has 22 heavy (non-hydrogen) atoms. The van der Waals surface area contributed by atoms with Crippen molar-refractivity contribution >= 4 is 0 Å². The molecular weight excluding hydrogens is 273 g/mol. The summed E-state index contributed by atoms with van der Waals surface area (Å²) in [4.78, 5) is 4.59. The minimum Gasteiger partial charge on any atom is -0.256 e. The van der Waals surface area contributed by atoms with Crippen molar-refractivity contribution in [3.05, 3.63) is 54.0 Å². The van der Waals surface area contributed by atoms with Crippen molar-refractivity contribution in [3.8, 4) is 11.3 Å². The first-order valence-corrected chi connectivity index (χ1v) is 8.48. The minimum absolute atomic E-state index is 0.204. The first-order valence-electron chi connectivity index (χ1n) is 8.48. The Morgan fingerprint density at radius 2 is 1.73 bits per heavy atom. The lowest BCUT2D eigenvalue weighted by Crippen LogP contribution is -2.13. The molecule has 1 nitrogen and oxygen atoms in total. The Hall–Kier alpha value is -1.70. The Bertz CT molecular complexity index is 580. The van der Waals surface area contributed by atoms with Gasteiger partial charge in [-0.1, -0.05) is 25.8 Å². The molecule has 0 aliphatic heterocycles. The highest BCUT2D eigenvalue weighted by Crippen LogP contribution is 2.37. The summed E-state index contributed by atoms with van der Waals surface area (Å²) in [5.41, 5.74) is 3.25. The summed E-state index contributed by atoms with van der Waals surface area (Å²) >= 11 is 0. The maximum absolute atomic E-state index is 13.0. The van der Waals surface area contributed by atoms with Crippen LogP contribution < -0.4 is 0 Å². The summed E-state index contributed by atoms with van der Waals surface area (Å²) in [6, 6.07) is 10.8. The second kappa shape index (κ2) is 7.04. The smallest absolute Gasteiger partial charge is 0.123 e. The number of nitrogens with zero attached hydrogens (tertiary/aromatic N) is 1. The van der Waals surface area contributed by atoms with Crippen LogP contribution in [-0.4, -0.2) is 4.98 Å². The molecule has 2 aromatic rings. The van der Waals surface area contributed by atoms with Crippen LogP contribution in [0.3, 0.4) is 0 Å². The van der Waals surface area contributed by atoms with Crippen LogP contribution >= 0.6 is 0 Å². The Kier molecular flexibility index (Phi) is 4.87. The maximum Gasteiger partial charge on any atom is 0.123 e. The number of aromatic nitrogens is 1. The van der Waals surface area contributed by atoms with Crippen LogP contribution in [0.4, 0.5) is 4.39 Å². The monoisotopic (exact) mass is 297 g/mol. The molecule has 1 fully saturated rings. The largest absolute Gasteiger partial charge is 0.256 e. The average Bonchev–Trinajstić information content (AvgIpc) is 2.57. The fourth-order valence-corrected chi connectivity index (χ4v) is 3.63. The van der Waals surface area contributed by atoms with Gasteiger partial charge >= 0.3 is 0 Å². The van der Waals surface area contributed by atoms with Crippen LogP contribution in [0.2, 0.25) is 0 Å². The first kappa shape index (κ1) is 15.2. The average molecular weight is 297 g/mol. The summed E-state index contributed by atoms with van der Waals surface area (Å²) in [6.07, 6.45) is 10.0. The van der Waals surface area contributed by atoms with Crippen molar-refractivity contribution < 1.29 is 4.39 Å². The predicted octanol–water partition coefficient (Wildman–Crippen LogP) is 5.96. The molecule has 2 heteroatoms. The lowest BCUT2D eigenvalue weighted by atomic mass is 9.77. The molecule has 0 saturated heterocycles. The lowest BCUT2D eigenvalue weighted by molar-refractivity contribution is 0.308. The molecule has 1 heterocycles. The molecule has 0 N–H and O–H groups in total.